The Hall–Kier alpha value is -3.23. The van der Waals surface area contributed by atoms with E-state index in [-0.39, 0.29) is 17.2 Å². The molecule has 0 spiro atoms. The molecule has 0 fully saturated rings. The first-order valence-electron chi connectivity index (χ1n) is 9.81. The lowest BCUT2D eigenvalue weighted by molar-refractivity contribution is -0.118. The summed E-state index contributed by atoms with van der Waals surface area (Å²) in [4.78, 5) is 30.3. The van der Waals surface area contributed by atoms with Crippen LogP contribution in [0.15, 0.2) is 92.3 Å². The summed E-state index contributed by atoms with van der Waals surface area (Å²) >= 11 is 4.63. The summed E-state index contributed by atoms with van der Waals surface area (Å²) in [6.45, 7) is 1.94. The number of aryl methyl sites for hydroxylation is 1. The molecule has 1 amide bonds. The monoisotopic (exact) mass is 506 g/mol. The van der Waals surface area contributed by atoms with Crippen LogP contribution < -0.4 is 11.0 Å². The normalized spacial score (nSPS) is 11.2. The maximum atomic E-state index is 13.3. The van der Waals surface area contributed by atoms with Gasteiger partial charge in [0.15, 0.2) is 5.16 Å². The van der Waals surface area contributed by atoms with Crippen LogP contribution in [0.3, 0.4) is 0 Å². The SMILES string of the molecule is Cc1ccccc1-n1c(SCC(=O)N/N=C/c2ccccc2Br)nc2ccccc2c1=O. The highest BCUT2D eigenvalue weighted by Gasteiger charge is 2.15. The third kappa shape index (κ3) is 4.81. The third-order valence-corrected chi connectivity index (χ3v) is 6.39. The summed E-state index contributed by atoms with van der Waals surface area (Å²) in [5.41, 5.74) is 5.49. The molecular weight excluding hydrogens is 488 g/mol. The van der Waals surface area contributed by atoms with Crippen LogP contribution >= 0.6 is 27.7 Å². The summed E-state index contributed by atoms with van der Waals surface area (Å²) in [5, 5.41) is 5.00. The Morgan fingerprint density at radius 2 is 1.81 bits per heavy atom. The van der Waals surface area contributed by atoms with Crippen molar-refractivity contribution in [1.29, 1.82) is 0 Å². The summed E-state index contributed by atoms with van der Waals surface area (Å²) in [7, 11) is 0. The third-order valence-electron chi connectivity index (χ3n) is 4.73. The van der Waals surface area contributed by atoms with E-state index in [2.05, 4.69) is 31.4 Å². The molecule has 6 nitrogen and oxygen atoms in total. The van der Waals surface area contributed by atoms with Gasteiger partial charge in [-0.15, -0.1) is 0 Å². The van der Waals surface area contributed by atoms with Gasteiger partial charge < -0.3 is 0 Å². The van der Waals surface area contributed by atoms with Crippen LogP contribution in [-0.2, 0) is 4.79 Å². The second-order valence-corrected chi connectivity index (χ2v) is 8.74. The van der Waals surface area contributed by atoms with Crippen molar-refractivity contribution in [3.63, 3.8) is 0 Å². The van der Waals surface area contributed by atoms with E-state index < -0.39 is 0 Å². The van der Waals surface area contributed by atoms with Crippen LogP contribution in [0.5, 0.6) is 0 Å². The highest BCUT2D eigenvalue weighted by atomic mass is 79.9. The van der Waals surface area contributed by atoms with Crippen molar-refractivity contribution in [2.75, 3.05) is 5.75 Å². The molecule has 0 aliphatic carbocycles. The zero-order valence-corrected chi connectivity index (χ0v) is 19.6. The van der Waals surface area contributed by atoms with Crippen molar-refractivity contribution < 1.29 is 4.79 Å². The summed E-state index contributed by atoms with van der Waals surface area (Å²) in [6.07, 6.45) is 1.57. The van der Waals surface area contributed by atoms with Crippen molar-refractivity contribution in [2.45, 2.75) is 12.1 Å². The van der Waals surface area contributed by atoms with Crippen molar-refractivity contribution in [2.24, 2.45) is 5.10 Å². The molecule has 1 N–H and O–H groups in total. The number of thioether (sulfide) groups is 1. The van der Waals surface area contributed by atoms with Gasteiger partial charge in [0.2, 0.25) is 0 Å². The summed E-state index contributed by atoms with van der Waals surface area (Å²) in [5.74, 6) is -0.235. The molecule has 1 aromatic heterocycles. The first-order chi connectivity index (χ1) is 15.5. The molecular formula is C24H19BrN4O2S. The zero-order chi connectivity index (χ0) is 22.5. The molecule has 0 bridgehead atoms. The van der Waals surface area contributed by atoms with Crippen molar-refractivity contribution in [3.05, 3.63) is 98.7 Å². The number of para-hydroxylation sites is 2. The number of hydrogen-bond acceptors (Lipinski definition) is 5. The molecule has 0 radical (unpaired) electrons. The number of hydrogen-bond donors (Lipinski definition) is 1. The molecule has 0 aliphatic rings. The lowest BCUT2D eigenvalue weighted by Crippen LogP contribution is -2.24. The van der Waals surface area contributed by atoms with E-state index in [1.54, 1.807) is 22.9 Å². The zero-order valence-electron chi connectivity index (χ0n) is 17.2. The molecule has 4 aromatic rings. The number of rotatable bonds is 6. The fraction of sp³-hybridized carbons (Fsp3) is 0.0833. The van der Waals surface area contributed by atoms with Crippen LogP contribution in [0.2, 0.25) is 0 Å². The number of carbonyl (C=O) groups excluding carboxylic acids is 1. The molecule has 3 aromatic carbocycles. The molecule has 0 unspecified atom stereocenters. The first-order valence-corrected chi connectivity index (χ1v) is 11.6. The fourth-order valence-corrected chi connectivity index (χ4v) is 4.34. The Kier molecular flexibility index (Phi) is 6.82. The number of benzene rings is 3. The number of carbonyl (C=O) groups is 1. The highest BCUT2D eigenvalue weighted by molar-refractivity contribution is 9.10. The maximum absolute atomic E-state index is 13.3. The van der Waals surface area contributed by atoms with Crippen molar-refractivity contribution in [3.8, 4) is 5.69 Å². The molecule has 0 saturated carbocycles. The Morgan fingerprint density at radius 1 is 1.09 bits per heavy atom. The first kappa shape index (κ1) is 22.0. The Balaban J connectivity index is 1.59. The van der Waals surface area contributed by atoms with Gasteiger partial charge in [-0.05, 0) is 36.8 Å². The molecule has 32 heavy (non-hydrogen) atoms. The van der Waals surface area contributed by atoms with E-state index in [1.807, 2.05) is 67.6 Å². The van der Waals surface area contributed by atoms with E-state index in [0.717, 1.165) is 21.3 Å². The Bertz CT molecular complexity index is 1380. The van der Waals surface area contributed by atoms with Gasteiger partial charge in [0.1, 0.15) is 0 Å². The second kappa shape index (κ2) is 9.93. The Labute approximate surface area is 197 Å². The average Bonchev–Trinajstić information content (AvgIpc) is 2.80. The van der Waals surface area contributed by atoms with Gasteiger partial charge >= 0.3 is 0 Å². The standard InChI is InChI=1S/C24H19BrN4O2S/c1-16-8-2-7-13-21(16)29-23(31)18-10-4-6-12-20(18)27-24(29)32-15-22(30)28-26-14-17-9-3-5-11-19(17)25/h2-14H,15H2,1H3,(H,28,30)/b26-14+. The number of nitrogens with one attached hydrogen (secondary N) is 1. The predicted molar refractivity (Wildman–Crippen MR) is 133 cm³/mol. The number of fused-ring (bicyclic) bond motifs is 1. The minimum absolute atomic E-state index is 0.0595. The van der Waals surface area contributed by atoms with Crippen molar-refractivity contribution in [1.82, 2.24) is 15.0 Å². The van der Waals surface area contributed by atoms with Gasteiger partial charge in [0.05, 0.1) is 28.6 Å². The van der Waals surface area contributed by atoms with Gasteiger partial charge in [-0.25, -0.2) is 10.4 Å². The van der Waals surface area contributed by atoms with Crippen LogP contribution in [0.4, 0.5) is 0 Å². The smallest absolute Gasteiger partial charge is 0.266 e. The van der Waals surface area contributed by atoms with Crippen LogP contribution in [0.1, 0.15) is 11.1 Å². The fourth-order valence-electron chi connectivity index (χ4n) is 3.15. The van der Waals surface area contributed by atoms with E-state index >= 15 is 0 Å². The molecule has 0 atom stereocenters. The van der Waals surface area contributed by atoms with Crippen molar-refractivity contribution >= 4 is 50.7 Å². The molecule has 1 heterocycles. The van der Waals surface area contributed by atoms with E-state index in [4.69, 9.17) is 0 Å². The quantitative estimate of drug-likeness (QED) is 0.178. The average molecular weight is 507 g/mol. The summed E-state index contributed by atoms with van der Waals surface area (Å²) in [6, 6.07) is 22.4. The van der Waals surface area contributed by atoms with Crippen LogP contribution in [0, 0.1) is 6.92 Å². The number of aromatic nitrogens is 2. The molecule has 0 saturated heterocycles. The molecule has 8 heteroatoms. The maximum Gasteiger partial charge on any atom is 0.266 e. The van der Waals surface area contributed by atoms with E-state index in [0.29, 0.717) is 16.1 Å². The topological polar surface area (TPSA) is 76.3 Å². The lowest BCUT2D eigenvalue weighted by Gasteiger charge is -2.14. The van der Waals surface area contributed by atoms with Gasteiger partial charge in [-0.1, -0.05) is 76.2 Å². The van der Waals surface area contributed by atoms with E-state index in [1.165, 1.54) is 11.8 Å². The molecule has 0 aliphatic heterocycles. The minimum atomic E-state index is -0.294. The number of amides is 1. The largest absolute Gasteiger partial charge is 0.272 e. The lowest BCUT2D eigenvalue weighted by atomic mass is 10.2. The summed E-state index contributed by atoms with van der Waals surface area (Å²) < 4.78 is 2.45. The van der Waals surface area contributed by atoms with Gasteiger partial charge in [0, 0.05) is 10.0 Å². The van der Waals surface area contributed by atoms with Gasteiger partial charge in [-0.2, -0.15) is 5.10 Å². The Morgan fingerprint density at radius 3 is 2.62 bits per heavy atom. The van der Waals surface area contributed by atoms with Gasteiger partial charge in [0.25, 0.3) is 11.5 Å². The molecule has 4 rings (SSSR count). The predicted octanol–water partition coefficient (Wildman–Crippen LogP) is 4.70. The number of hydrazone groups is 1. The van der Waals surface area contributed by atoms with E-state index in [9.17, 15) is 9.59 Å². The number of nitrogens with zero attached hydrogens (tertiary/aromatic N) is 3. The minimum Gasteiger partial charge on any atom is -0.272 e. The van der Waals surface area contributed by atoms with Crippen LogP contribution in [-0.4, -0.2) is 27.4 Å². The molecule has 160 valence electrons. The van der Waals surface area contributed by atoms with Gasteiger partial charge in [-0.3, -0.25) is 14.2 Å². The highest BCUT2D eigenvalue weighted by Crippen LogP contribution is 2.23. The van der Waals surface area contributed by atoms with Crippen LogP contribution in [0.25, 0.3) is 16.6 Å². The number of halogens is 1. The second-order valence-electron chi connectivity index (χ2n) is 6.94.